The first-order valence-corrected chi connectivity index (χ1v) is 6.33. The lowest BCUT2D eigenvalue weighted by atomic mass is 9.78. The van der Waals surface area contributed by atoms with Gasteiger partial charge in [0.2, 0.25) is 0 Å². The topological polar surface area (TPSA) is 17.1 Å². The second-order valence-corrected chi connectivity index (χ2v) is 6.14. The molecule has 0 saturated heterocycles. The summed E-state index contributed by atoms with van der Waals surface area (Å²) in [4.78, 5) is 12.3. The SMILES string of the molecule is Cc1cccc(C(=O)CC(C)C(C)(C)C)c1C. The summed E-state index contributed by atoms with van der Waals surface area (Å²) in [6.45, 7) is 12.8. The number of hydrogen-bond acceptors (Lipinski definition) is 1. The maximum absolute atomic E-state index is 12.3. The van der Waals surface area contributed by atoms with Gasteiger partial charge in [0.15, 0.2) is 5.78 Å². The Balaban J connectivity index is 2.88. The molecule has 1 unspecified atom stereocenters. The first-order valence-electron chi connectivity index (χ1n) is 6.33. The molecule has 1 atom stereocenters. The summed E-state index contributed by atoms with van der Waals surface area (Å²) in [6.07, 6.45) is 0.633. The van der Waals surface area contributed by atoms with E-state index >= 15 is 0 Å². The third-order valence-electron chi connectivity index (χ3n) is 3.88. The lowest BCUT2D eigenvalue weighted by molar-refractivity contribution is 0.0926. The van der Waals surface area contributed by atoms with Crippen LogP contribution in [0.5, 0.6) is 0 Å². The summed E-state index contributed by atoms with van der Waals surface area (Å²) in [6, 6.07) is 5.97. The lowest BCUT2D eigenvalue weighted by Crippen LogP contribution is -2.21. The first kappa shape index (κ1) is 14.0. The van der Waals surface area contributed by atoms with Crippen molar-refractivity contribution in [2.45, 2.75) is 48.0 Å². The molecule has 1 aromatic carbocycles. The van der Waals surface area contributed by atoms with E-state index in [-0.39, 0.29) is 11.2 Å². The average Bonchev–Trinajstić information content (AvgIpc) is 2.20. The van der Waals surface area contributed by atoms with E-state index in [2.05, 4.69) is 40.7 Å². The molecule has 0 aliphatic carbocycles. The number of aryl methyl sites for hydroxylation is 1. The molecule has 0 N–H and O–H groups in total. The molecular formula is C16H24O. The molecule has 0 amide bonds. The molecule has 94 valence electrons. The van der Waals surface area contributed by atoms with E-state index in [0.29, 0.717) is 12.3 Å². The van der Waals surface area contributed by atoms with Gasteiger partial charge in [-0.3, -0.25) is 4.79 Å². The summed E-state index contributed by atoms with van der Waals surface area (Å²) in [5.74, 6) is 0.670. The van der Waals surface area contributed by atoms with E-state index < -0.39 is 0 Å². The zero-order chi connectivity index (χ0) is 13.2. The van der Waals surface area contributed by atoms with E-state index in [0.717, 1.165) is 11.1 Å². The number of hydrogen-bond donors (Lipinski definition) is 0. The Kier molecular flexibility index (Phi) is 4.13. The van der Waals surface area contributed by atoms with Gasteiger partial charge in [0.1, 0.15) is 0 Å². The van der Waals surface area contributed by atoms with Crippen LogP contribution in [0.3, 0.4) is 0 Å². The van der Waals surface area contributed by atoms with Crippen molar-refractivity contribution >= 4 is 5.78 Å². The predicted octanol–water partition coefficient (Wildman–Crippen LogP) is 4.56. The van der Waals surface area contributed by atoms with Crippen molar-refractivity contribution in [3.63, 3.8) is 0 Å². The number of Topliss-reactive ketones (excluding diaryl/α,β-unsaturated/α-hetero) is 1. The molecule has 1 rings (SSSR count). The van der Waals surface area contributed by atoms with Crippen molar-refractivity contribution in [1.29, 1.82) is 0 Å². The third kappa shape index (κ3) is 3.42. The van der Waals surface area contributed by atoms with Crippen molar-refractivity contribution in [3.8, 4) is 0 Å². The smallest absolute Gasteiger partial charge is 0.163 e. The molecule has 0 aliphatic heterocycles. The molecule has 0 aromatic heterocycles. The highest BCUT2D eigenvalue weighted by Gasteiger charge is 2.23. The minimum absolute atomic E-state index is 0.188. The molecule has 0 spiro atoms. The van der Waals surface area contributed by atoms with E-state index in [4.69, 9.17) is 0 Å². The van der Waals surface area contributed by atoms with Gasteiger partial charge >= 0.3 is 0 Å². The second-order valence-electron chi connectivity index (χ2n) is 6.14. The van der Waals surface area contributed by atoms with E-state index in [1.54, 1.807) is 0 Å². The number of rotatable bonds is 3. The summed E-state index contributed by atoms with van der Waals surface area (Å²) in [5, 5.41) is 0. The van der Waals surface area contributed by atoms with Crippen LogP contribution in [0.15, 0.2) is 18.2 Å². The van der Waals surface area contributed by atoms with Crippen molar-refractivity contribution in [1.82, 2.24) is 0 Å². The molecule has 0 heterocycles. The zero-order valence-corrected chi connectivity index (χ0v) is 11.9. The van der Waals surface area contributed by atoms with E-state index in [9.17, 15) is 4.79 Å². The summed E-state index contributed by atoms with van der Waals surface area (Å²) < 4.78 is 0. The fourth-order valence-electron chi connectivity index (χ4n) is 1.75. The first-order chi connectivity index (χ1) is 7.73. The fraction of sp³-hybridized carbons (Fsp3) is 0.562. The van der Waals surface area contributed by atoms with Gasteiger partial charge < -0.3 is 0 Å². The van der Waals surface area contributed by atoms with Crippen LogP contribution in [-0.2, 0) is 0 Å². The molecule has 0 aliphatic rings. The van der Waals surface area contributed by atoms with E-state index in [1.807, 2.05) is 19.1 Å². The van der Waals surface area contributed by atoms with Crippen LogP contribution in [0.2, 0.25) is 0 Å². The van der Waals surface area contributed by atoms with Gasteiger partial charge in [-0.05, 0) is 36.3 Å². The number of carbonyl (C=O) groups excluding carboxylic acids is 1. The number of ketones is 1. The van der Waals surface area contributed by atoms with Crippen LogP contribution in [0, 0.1) is 25.2 Å². The highest BCUT2D eigenvalue weighted by molar-refractivity contribution is 5.97. The van der Waals surface area contributed by atoms with E-state index in [1.165, 1.54) is 5.56 Å². The summed E-state index contributed by atoms with van der Waals surface area (Å²) >= 11 is 0. The predicted molar refractivity (Wildman–Crippen MR) is 73.5 cm³/mol. The molecule has 0 radical (unpaired) electrons. The Labute approximate surface area is 105 Å². The van der Waals surface area contributed by atoms with Gasteiger partial charge in [0.25, 0.3) is 0 Å². The largest absolute Gasteiger partial charge is 0.294 e. The molecule has 0 bridgehead atoms. The Morgan fingerprint density at radius 1 is 1.24 bits per heavy atom. The zero-order valence-electron chi connectivity index (χ0n) is 11.9. The minimum atomic E-state index is 0.188. The highest BCUT2D eigenvalue weighted by Crippen LogP contribution is 2.29. The quantitative estimate of drug-likeness (QED) is 0.698. The Morgan fingerprint density at radius 2 is 1.82 bits per heavy atom. The lowest BCUT2D eigenvalue weighted by Gasteiger charge is -2.26. The molecule has 1 nitrogen and oxygen atoms in total. The molecular weight excluding hydrogens is 208 g/mol. The van der Waals surface area contributed by atoms with Crippen LogP contribution < -0.4 is 0 Å². The van der Waals surface area contributed by atoms with Crippen LogP contribution in [0.1, 0.15) is 55.6 Å². The van der Waals surface area contributed by atoms with Crippen LogP contribution in [0.4, 0.5) is 0 Å². The standard InChI is InChI=1S/C16H24O/c1-11-8-7-9-14(13(11)3)15(17)10-12(2)16(4,5)6/h7-9,12H,10H2,1-6H3. The van der Waals surface area contributed by atoms with Crippen molar-refractivity contribution in [3.05, 3.63) is 34.9 Å². The minimum Gasteiger partial charge on any atom is -0.294 e. The molecule has 0 fully saturated rings. The summed E-state index contributed by atoms with van der Waals surface area (Å²) in [5.41, 5.74) is 3.40. The van der Waals surface area contributed by atoms with Crippen LogP contribution in [-0.4, -0.2) is 5.78 Å². The van der Waals surface area contributed by atoms with Gasteiger partial charge in [-0.1, -0.05) is 45.9 Å². The second kappa shape index (κ2) is 5.03. The maximum Gasteiger partial charge on any atom is 0.163 e. The maximum atomic E-state index is 12.3. The summed E-state index contributed by atoms with van der Waals surface area (Å²) in [7, 11) is 0. The molecule has 1 aromatic rings. The fourth-order valence-corrected chi connectivity index (χ4v) is 1.75. The van der Waals surface area contributed by atoms with Crippen LogP contribution in [0.25, 0.3) is 0 Å². The molecule has 1 heteroatoms. The molecule has 17 heavy (non-hydrogen) atoms. The van der Waals surface area contributed by atoms with Crippen LogP contribution >= 0.6 is 0 Å². The molecule has 0 saturated carbocycles. The normalized spacial score (nSPS) is 13.5. The van der Waals surface area contributed by atoms with Gasteiger partial charge in [0.05, 0.1) is 0 Å². The average molecular weight is 232 g/mol. The third-order valence-corrected chi connectivity index (χ3v) is 3.88. The van der Waals surface area contributed by atoms with Crippen molar-refractivity contribution in [2.24, 2.45) is 11.3 Å². The van der Waals surface area contributed by atoms with Gasteiger partial charge in [-0.15, -0.1) is 0 Å². The monoisotopic (exact) mass is 232 g/mol. The number of carbonyl (C=O) groups is 1. The van der Waals surface area contributed by atoms with Crippen molar-refractivity contribution in [2.75, 3.05) is 0 Å². The number of benzene rings is 1. The van der Waals surface area contributed by atoms with Gasteiger partial charge in [-0.2, -0.15) is 0 Å². The highest BCUT2D eigenvalue weighted by atomic mass is 16.1. The van der Waals surface area contributed by atoms with Crippen molar-refractivity contribution < 1.29 is 4.79 Å². The van der Waals surface area contributed by atoms with Gasteiger partial charge in [-0.25, -0.2) is 0 Å². The Hall–Kier alpha value is -1.11. The Morgan fingerprint density at radius 3 is 2.35 bits per heavy atom. The van der Waals surface area contributed by atoms with Gasteiger partial charge in [0, 0.05) is 12.0 Å². The Bertz CT molecular complexity index is 410.